The lowest BCUT2D eigenvalue weighted by molar-refractivity contribution is -0.0842. The molecule has 1 heterocycles. The van der Waals surface area contributed by atoms with Gasteiger partial charge in [0.2, 0.25) is 0 Å². The molecule has 0 amide bonds. The van der Waals surface area contributed by atoms with Gasteiger partial charge < -0.3 is 14.6 Å². The van der Waals surface area contributed by atoms with Crippen molar-refractivity contribution >= 4 is 28.6 Å². The predicted octanol–water partition coefficient (Wildman–Crippen LogP) is 2.64. The van der Waals surface area contributed by atoms with Gasteiger partial charge >= 0.3 is 5.97 Å². The topological polar surface area (TPSA) is 68.7 Å². The van der Waals surface area contributed by atoms with Gasteiger partial charge in [0.25, 0.3) is 0 Å². The maximum absolute atomic E-state index is 10.9. The van der Waals surface area contributed by atoms with Crippen LogP contribution in [-0.4, -0.2) is 42.3 Å². The van der Waals surface area contributed by atoms with Gasteiger partial charge in [0.05, 0.1) is 21.9 Å². The third kappa shape index (κ3) is 3.47. The molecule has 2 rings (SSSR count). The summed E-state index contributed by atoms with van der Waals surface area (Å²) >= 11 is 1.53. The number of hydrogen-bond acceptors (Lipinski definition) is 5. The van der Waals surface area contributed by atoms with Crippen molar-refractivity contribution in [2.24, 2.45) is 0 Å². The number of benzene rings is 1. The summed E-state index contributed by atoms with van der Waals surface area (Å²) in [6, 6.07) is 8.62. The number of aromatic carboxylic acids is 1. The van der Waals surface area contributed by atoms with Crippen molar-refractivity contribution in [3.05, 3.63) is 35.9 Å². The summed E-state index contributed by atoms with van der Waals surface area (Å²) in [4.78, 5) is 15.4. The van der Waals surface area contributed by atoms with Gasteiger partial charge in [-0.05, 0) is 24.3 Å². The van der Waals surface area contributed by atoms with Gasteiger partial charge in [0.15, 0.2) is 6.29 Å². The molecule has 106 valence electrons. The van der Waals surface area contributed by atoms with E-state index in [0.717, 1.165) is 15.9 Å². The fourth-order valence-electron chi connectivity index (χ4n) is 1.71. The number of nitrogens with zero attached hydrogens (tertiary/aromatic N) is 1. The zero-order valence-corrected chi connectivity index (χ0v) is 12.0. The van der Waals surface area contributed by atoms with E-state index in [1.165, 1.54) is 11.8 Å². The van der Waals surface area contributed by atoms with Crippen LogP contribution in [0.15, 0.2) is 35.4 Å². The van der Waals surface area contributed by atoms with E-state index >= 15 is 0 Å². The van der Waals surface area contributed by atoms with Crippen molar-refractivity contribution in [2.75, 3.05) is 20.0 Å². The fourth-order valence-corrected chi connectivity index (χ4v) is 2.61. The van der Waals surface area contributed by atoms with Crippen LogP contribution >= 0.6 is 11.8 Å². The number of carboxylic acid groups (broad SMARTS) is 1. The normalized spacial score (nSPS) is 11.2. The van der Waals surface area contributed by atoms with E-state index in [1.807, 2.05) is 12.1 Å². The van der Waals surface area contributed by atoms with Crippen LogP contribution in [0.4, 0.5) is 0 Å². The highest BCUT2D eigenvalue weighted by atomic mass is 32.2. The Hall–Kier alpha value is -1.63. The Bertz CT molecular complexity index is 613. The maximum atomic E-state index is 10.9. The number of carbonyl (C=O) groups is 1. The maximum Gasteiger partial charge on any atom is 0.335 e. The predicted molar refractivity (Wildman–Crippen MR) is 77.2 cm³/mol. The molecule has 1 aromatic carbocycles. The molecule has 0 atom stereocenters. The van der Waals surface area contributed by atoms with E-state index in [2.05, 4.69) is 4.98 Å². The molecule has 0 fully saturated rings. The van der Waals surface area contributed by atoms with Crippen molar-refractivity contribution in [3.63, 3.8) is 0 Å². The van der Waals surface area contributed by atoms with E-state index in [9.17, 15) is 4.79 Å². The fraction of sp³-hybridized carbons (Fsp3) is 0.286. The van der Waals surface area contributed by atoms with Gasteiger partial charge in [0, 0.05) is 19.6 Å². The molecule has 0 saturated heterocycles. The zero-order valence-electron chi connectivity index (χ0n) is 11.2. The first-order chi connectivity index (χ1) is 9.63. The molecule has 0 aliphatic rings. The van der Waals surface area contributed by atoms with Gasteiger partial charge in [-0.1, -0.05) is 6.07 Å². The number of thioether (sulfide) groups is 1. The number of fused-ring (bicyclic) bond motifs is 1. The highest BCUT2D eigenvalue weighted by molar-refractivity contribution is 7.99. The molecule has 0 saturated carbocycles. The Labute approximate surface area is 120 Å². The van der Waals surface area contributed by atoms with E-state index in [4.69, 9.17) is 14.6 Å². The standard InChI is InChI=1S/C14H15NO4S/c1-18-13(19-2)8-20-12-6-4-9-7-10(14(16)17)3-5-11(9)15-12/h3-7,13H,8H2,1-2H3,(H,16,17). The van der Waals surface area contributed by atoms with Gasteiger partial charge in [-0.2, -0.15) is 0 Å². The minimum absolute atomic E-state index is 0.263. The summed E-state index contributed by atoms with van der Waals surface area (Å²) in [6.45, 7) is 0. The summed E-state index contributed by atoms with van der Waals surface area (Å²) in [6.07, 6.45) is -0.271. The summed E-state index contributed by atoms with van der Waals surface area (Å²) in [7, 11) is 3.19. The van der Waals surface area contributed by atoms with Crippen LogP contribution in [0.25, 0.3) is 10.9 Å². The minimum atomic E-state index is -0.937. The summed E-state index contributed by atoms with van der Waals surface area (Å²) in [5.41, 5.74) is 1.03. The SMILES string of the molecule is COC(CSc1ccc2cc(C(=O)O)ccc2n1)OC. The van der Waals surface area contributed by atoms with Crippen LogP contribution in [0.5, 0.6) is 0 Å². The van der Waals surface area contributed by atoms with Crippen LogP contribution < -0.4 is 0 Å². The van der Waals surface area contributed by atoms with E-state index in [0.29, 0.717) is 5.75 Å². The van der Waals surface area contributed by atoms with Crippen molar-refractivity contribution < 1.29 is 19.4 Å². The first kappa shape index (κ1) is 14.8. The Morgan fingerprint density at radius 3 is 2.70 bits per heavy atom. The molecular formula is C14H15NO4S. The molecule has 1 aromatic heterocycles. The highest BCUT2D eigenvalue weighted by Gasteiger charge is 2.08. The van der Waals surface area contributed by atoms with E-state index in [1.54, 1.807) is 32.4 Å². The number of methoxy groups -OCH3 is 2. The monoisotopic (exact) mass is 293 g/mol. The number of aromatic nitrogens is 1. The second-order valence-corrected chi connectivity index (χ2v) is 5.11. The lowest BCUT2D eigenvalue weighted by Crippen LogP contribution is -2.15. The first-order valence-electron chi connectivity index (χ1n) is 5.96. The number of carboxylic acids is 1. The Morgan fingerprint density at radius 1 is 1.30 bits per heavy atom. The Morgan fingerprint density at radius 2 is 2.05 bits per heavy atom. The Balaban J connectivity index is 2.17. The van der Waals surface area contributed by atoms with Crippen LogP contribution in [0.3, 0.4) is 0 Å². The molecule has 6 heteroatoms. The highest BCUT2D eigenvalue weighted by Crippen LogP contribution is 2.22. The van der Waals surface area contributed by atoms with Crippen LogP contribution in [0.2, 0.25) is 0 Å². The molecule has 0 radical (unpaired) electrons. The van der Waals surface area contributed by atoms with Crippen molar-refractivity contribution in [3.8, 4) is 0 Å². The molecule has 20 heavy (non-hydrogen) atoms. The number of pyridine rings is 1. The first-order valence-corrected chi connectivity index (χ1v) is 6.95. The van der Waals surface area contributed by atoms with Crippen LogP contribution in [-0.2, 0) is 9.47 Å². The van der Waals surface area contributed by atoms with Gasteiger partial charge in [0.1, 0.15) is 0 Å². The summed E-state index contributed by atoms with van der Waals surface area (Å²) < 4.78 is 10.2. The molecule has 0 aliphatic carbocycles. The quantitative estimate of drug-likeness (QED) is 0.652. The third-order valence-electron chi connectivity index (χ3n) is 2.80. The third-order valence-corrected chi connectivity index (χ3v) is 3.77. The molecule has 2 aromatic rings. The lowest BCUT2D eigenvalue weighted by Gasteiger charge is -2.12. The Kier molecular flexibility index (Phi) is 4.94. The van der Waals surface area contributed by atoms with Crippen LogP contribution in [0, 0.1) is 0 Å². The van der Waals surface area contributed by atoms with Crippen molar-refractivity contribution in [2.45, 2.75) is 11.3 Å². The largest absolute Gasteiger partial charge is 0.478 e. The number of hydrogen-bond donors (Lipinski definition) is 1. The average molecular weight is 293 g/mol. The van der Waals surface area contributed by atoms with E-state index < -0.39 is 5.97 Å². The molecule has 0 unspecified atom stereocenters. The van der Waals surface area contributed by atoms with Crippen molar-refractivity contribution in [1.29, 1.82) is 0 Å². The van der Waals surface area contributed by atoms with E-state index in [-0.39, 0.29) is 11.9 Å². The average Bonchev–Trinajstić information content (AvgIpc) is 2.47. The number of rotatable bonds is 6. The number of ether oxygens (including phenoxy) is 2. The second-order valence-electron chi connectivity index (χ2n) is 4.07. The van der Waals surface area contributed by atoms with Crippen LogP contribution in [0.1, 0.15) is 10.4 Å². The lowest BCUT2D eigenvalue weighted by atomic mass is 10.1. The molecule has 1 N–H and O–H groups in total. The minimum Gasteiger partial charge on any atom is -0.478 e. The molecule has 0 bridgehead atoms. The summed E-state index contributed by atoms with van der Waals surface area (Å²) in [5.74, 6) is -0.299. The molecular weight excluding hydrogens is 278 g/mol. The van der Waals surface area contributed by atoms with Gasteiger partial charge in [-0.3, -0.25) is 0 Å². The molecule has 5 nitrogen and oxygen atoms in total. The van der Waals surface area contributed by atoms with Crippen molar-refractivity contribution in [1.82, 2.24) is 4.98 Å². The smallest absolute Gasteiger partial charge is 0.335 e. The van der Waals surface area contributed by atoms with Gasteiger partial charge in [-0.15, -0.1) is 11.8 Å². The molecule has 0 spiro atoms. The van der Waals surface area contributed by atoms with Gasteiger partial charge in [-0.25, -0.2) is 9.78 Å². The second kappa shape index (κ2) is 6.69. The summed E-state index contributed by atoms with van der Waals surface area (Å²) in [5, 5.41) is 10.6. The molecule has 0 aliphatic heterocycles. The zero-order chi connectivity index (χ0) is 14.5.